The van der Waals surface area contributed by atoms with Crippen LogP contribution < -0.4 is 20.7 Å². The number of benzene rings is 5. The van der Waals surface area contributed by atoms with Crippen LogP contribution in [-0.2, 0) is 21.8 Å². The molecular formula is C72H95F6N9O9. The predicted octanol–water partition coefficient (Wildman–Crippen LogP) is 15.1. The molecule has 4 aliphatic rings. The smallest absolute Gasteiger partial charge is 0.416 e. The fraction of sp³-hybridized carbons (Fsp3) is 0.528. The van der Waals surface area contributed by atoms with Crippen molar-refractivity contribution in [3.63, 3.8) is 0 Å². The fourth-order valence-corrected chi connectivity index (χ4v) is 12.1. The standard InChI is InChI=1S/C33H45F3N4O3.C22H27F3N2.C17H23N3O6/c1-31(2,3)27-22-39(28(23-10-8-7-9-11-23)24-12-14-25(15-13-24)33(34,35)36)20-21-40(27)29(41)37-26-16-18-38(19-17-26)30(42)43-32(4,5)6;1-21(2,3)19-15-27(14-13-26-19)20(16-7-5-4-6-8-16)17-9-11-18(12-10-17)22(23,24)25;1-17(2,3)26-16(22)19-10-8-12(9-11-19)18-15(21)25-14-6-4-13(5-7-14)20(23)24/h7-15,26-28H,16-22H2,1-6H3,(H,37,41);4-12,19-20,26H,13-15H2,1-3H3;4-7,12H,8-11H2,1-3H3,(H,18,21)/t27-,28?;19-,20?;/m11./s1. The van der Waals surface area contributed by atoms with E-state index >= 15 is 0 Å². The molecule has 4 saturated heterocycles. The molecule has 4 atom stereocenters. The van der Waals surface area contributed by atoms with Gasteiger partial charge in [-0.05, 0) is 137 Å². The number of nitrogens with zero attached hydrogens (tertiary/aromatic N) is 6. The summed E-state index contributed by atoms with van der Waals surface area (Å²) < 4.78 is 94.7. The summed E-state index contributed by atoms with van der Waals surface area (Å²) in [6, 6.07) is 35.7. The monoisotopic (exact) mass is 1340 g/mol. The van der Waals surface area contributed by atoms with Gasteiger partial charge in [0.05, 0.1) is 34.2 Å². The van der Waals surface area contributed by atoms with Crippen molar-refractivity contribution in [1.29, 1.82) is 0 Å². The average Bonchev–Trinajstić information content (AvgIpc) is 0.785. The summed E-state index contributed by atoms with van der Waals surface area (Å²) in [5.41, 5.74) is 1.17. The Labute approximate surface area is 560 Å². The number of likely N-dealkylation sites (tertiary alicyclic amines) is 2. The molecule has 4 heterocycles. The number of rotatable bonds is 10. The second kappa shape index (κ2) is 31.9. The van der Waals surface area contributed by atoms with E-state index in [0.717, 1.165) is 54.0 Å². The molecule has 5 aromatic rings. The number of hydrogen-bond donors (Lipinski definition) is 3. The number of urea groups is 1. The molecule has 0 saturated carbocycles. The van der Waals surface area contributed by atoms with Gasteiger partial charge in [0.1, 0.15) is 17.0 Å². The zero-order valence-electron chi connectivity index (χ0n) is 57.2. The third-order valence-corrected chi connectivity index (χ3v) is 17.2. The van der Waals surface area contributed by atoms with Crippen molar-refractivity contribution in [2.24, 2.45) is 10.8 Å². The molecule has 2 unspecified atom stereocenters. The topological polar surface area (TPSA) is 191 Å². The molecule has 5 aromatic carbocycles. The summed E-state index contributed by atoms with van der Waals surface area (Å²) >= 11 is 0. The van der Waals surface area contributed by atoms with Gasteiger partial charge in [-0.15, -0.1) is 0 Å². The quantitative estimate of drug-likeness (QED) is 0.0682. The summed E-state index contributed by atoms with van der Waals surface area (Å²) in [5.74, 6) is 0.222. The Morgan fingerprint density at radius 2 is 0.917 bits per heavy atom. The molecule has 18 nitrogen and oxygen atoms in total. The van der Waals surface area contributed by atoms with E-state index in [1.54, 1.807) is 34.1 Å². The maximum absolute atomic E-state index is 13.7. The number of halogens is 6. The molecule has 0 aliphatic carbocycles. The van der Waals surface area contributed by atoms with E-state index in [9.17, 15) is 55.6 Å². The zero-order valence-corrected chi connectivity index (χ0v) is 57.2. The Bertz CT molecular complexity index is 3320. The lowest BCUT2D eigenvalue weighted by atomic mass is 9.83. The molecule has 24 heteroatoms. The Balaban J connectivity index is 0.000000213. The minimum absolute atomic E-state index is 0.0472. The summed E-state index contributed by atoms with van der Waals surface area (Å²) in [5, 5.41) is 20.1. The third-order valence-electron chi connectivity index (χ3n) is 17.2. The molecule has 4 fully saturated rings. The number of piperidine rings is 2. The number of alkyl halides is 6. The van der Waals surface area contributed by atoms with Crippen LogP contribution in [0.15, 0.2) is 133 Å². The molecule has 9 rings (SSSR count). The second-order valence-electron chi connectivity index (χ2n) is 29.0. The van der Waals surface area contributed by atoms with Gasteiger partial charge in [-0.3, -0.25) is 19.9 Å². The molecule has 0 spiro atoms. The molecule has 0 radical (unpaired) electrons. The maximum atomic E-state index is 13.7. The number of ether oxygens (including phenoxy) is 3. The number of non-ortho nitro benzene ring substituents is 1. The van der Waals surface area contributed by atoms with Gasteiger partial charge in [0.25, 0.3) is 5.69 Å². The summed E-state index contributed by atoms with van der Waals surface area (Å²) in [6.07, 6.45) is -7.55. The van der Waals surface area contributed by atoms with Crippen LogP contribution >= 0.6 is 0 Å². The fourth-order valence-electron chi connectivity index (χ4n) is 12.1. The number of hydrogen-bond acceptors (Lipinski definition) is 12. The lowest BCUT2D eigenvalue weighted by molar-refractivity contribution is -0.384. The average molecular weight is 1340 g/mol. The van der Waals surface area contributed by atoms with Gasteiger partial charge in [-0.2, -0.15) is 26.3 Å². The van der Waals surface area contributed by atoms with Crippen molar-refractivity contribution in [3.8, 4) is 5.75 Å². The van der Waals surface area contributed by atoms with E-state index in [1.807, 2.05) is 95.0 Å². The maximum Gasteiger partial charge on any atom is 0.416 e. The van der Waals surface area contributed by atoms with Crippen molar-refractivity contribution >= 4 is 30.0 Å². The van der Waals surface area contributed by atoms with Crippen LogP contribution in [0.5, 0.6) is 5.75 Å². The number of nitro groups is 1. The van der Waals surface area contributed by atoms with Gasteiger partial charge in [0.2, 0.25) is 0 Å². The normalized spacial score (nSPS) is 18.9. The molecule has 96 heavy (non-hydrogen) atoms. The van der Waals surface area contributed by atoms with E-state index in [4.69, 9.17) is 14.2 Å². The molecule has 0 bridgehead atoms. The number of nitro benzene ring substituents is 1. The van der Waals surface area contributed by atoms with E-state index in [0.29, 0.717) is 77.5 Å². The summed E-state index contributed by atoms with van der Waals surface area (Å²) in [6.45, 7) is 30.1. The van der Waals surface area contributed by atoms with Gasteiger partial charge in [-0.1, -0.05) is 126 Å². The zero-order chi connectivity index (χ0) is 70.6. The van der Waals surface area contributed by atoms with E-state index in [-0.39, 0.29) is 70.7 Å². The Morgan fingerprint density at radius 1 is 0.510 bits per heavy atom. The van der Waals surface area contributed by atoms with Crippen molar-refractivity contribution in [1.82, 2.24) is 40.4 Å². The Morgan fingerprint density at radius 3 is 1.30 bits per heavy atom. The first-order valence-electron chi connectivity index (χ1n) is 32.7. The third kappa shape index (κ3) is 22.3. The van der Waals surface area contributed by atoms with Crippen LogP contribution in [0.2, 0.25) is 0 Å². The highest BCUT2D eigenvalue weighted by atomic mass is 19.4. The highest BCUT2D eigenvalue weighted by Gasteiger charge is 2.42. The van der Waals surface area contributed by atoms with Crippen molar-refractivity contribution in [2.45, 2.75) is 169 Å². The highest BCUT2D eigenvalue weighted by Crippen LogP contribution is 2.39. The first-order chi connectivity index (χ1) is 44.8. The van der Waals surface area contributed by atoms with E-state index in [2.05, 4.69) is 79.4 Å². The lowest BCUT2D eigenvalue weighted by Gasteiger charge is -2.49. The number of carbonyl (C=O) groups is 4. The lowest BCUT2D eigenvalue weighted by Crippen LogP contribution is -2.63. The van der Waals surface area contributed by atoms with Gasteiger partial charge < -0.3 is 44.9 Å². The Hall–Kier alpha value is -7.96. The number of amides is 5. The molecule has 524 valence electrons. The van der Waals surface area contributed by atoms with Crippen molar-refractivity contribution < 1.29 is 64.7 Å². The van der Waals surface area contributed by atoms with Gasteiger partial charge >= 0.3 is 36.7 Å². The summed E-state index contributed by atoms with van der Waals surface area (Å²) in [7, 11) is 0. The van der Waals surface area contributed by atoms with Crippen LogP contribution in [0.25, 0.3) is 0 Å². The number of carbonyl (C=O) groups excluding carboxylic acids is 4. The molecule has 3 N–H and O–H groups in total. The van der Waals surface area contributed by atoms with Crippen molar-refractivity contribution in [2.75, 3.05) is 65.4 Å². The van der Waals surface area contributed by atoms with Crippen LogP contribution in [0.1, 0.15) is 154 Å². The first-order valence-corrected chi connectivity index (χ1v) is 32.7. The second-order valence-corrected chi connectivity index (χ2v) is 29.0. The van der Waals surface area contributed by atoms with Gasteiger partial charge in [-0.25, -0.2) is 19.2 Å². The van der Waals surface area contributed by atoms with Crippen LogP contribution in [0, 0.1) is 20.9 Å². The summed E-state index contributed by atoms with van der Waals surface area (Å²) in [4.78, 5) is 70.0. The van der Waals surface area contributed by atoms with Crippen LogP contribution in [0.3, 0.4) is 0 Å². The SMILES string of the molecule is CC(C)(C)OC(=O)N1CCC(NC(=O)N2CCN(C(c3ccccc3)c3ccc(C(F)(F)F)cc3)C[C@@H]2C(C)(C)C)CC1.CC(C)(C)OC(=O)N1CCC(NC(=O)Oc2ccc([N+](=O)[O-])cc2)CC1.CC(C)(C)[C@H]1CN(C(c2ccccc2)c2ccc(C(F)(F)F)cc2)CCN1. The molecule has 4 aliphatic heterocycles. The van der Waals surface area contributed by atoms with Crippen LogP contribution in [-0.4, -0.2) is 155 Å². The largest absolute Gasteiger partial charge is 0.444 e. The molecule has 5 amide bonds. The number of nitrogens with one attached hydrogen (secondary N) is 3. The van der Waals surface area contributed by atoms with Crippen LogP contribution in [0.4, 0.5) is 51.2 Å². The van der Waals surface area contributed by atoms with Crippen molar-refractivity contribution in [3.05, 3.63) is 177 Å². The van der Waals surface area contributed by atoms with Gasteiger partial charge in [0.15, 0.2) is 0 Å². The minimum Gasteiger partial charge on any atom is -0.444 e. The highest BCUT2D eigenvalue weighted by molar-refractivity contribution is 5.75. The molecular weight excluding hydrogens is 1250 g/mol. The van der Waals surface area contributed by atoms with E-state index in [1.165, 1.54) is 36.4 Å². The number of piperazine rings is 2. The Kier molecular flexibility index (Phi) is 25.1. The van der Waals surface area contributed by atoms with Gasteiger partial charge in [0, 0.05) is 95.7 Å². The minimum atomic E-state index is -4.40. The molecule has 0 aromatic heterocycles. The predicted molar refractivity (Wildman–Crippen MR) is 356 cm³/mol. The van der Waals surface area contributed by atoms with E-state index < -0.39 is 45.7 Å². The first kappa shape index (κ1) is 75.4.